The number of rotatable bonds is 4. The zero-order valence-corrected chi connectivity index (χ0v) is 23.1. The zero-order chi connectivity index (χ0) is 28.6. The van der Waals surface area contributed by atoms with E-state index in [0.717, 1.165) is 0 Å². The van der Waals surface area contributed by atoms with Gasteiger partial charge in [-0.15, -0.1) is 0 Å². The molecule has 0 saturated carbocycles. The van der Waals surface area contributed by atoms with Crippen LogP contribution in [0.2, 0.25) is 0 Å². The van der Waals surface area contributed by atoms with Gasteiger partial charge in [0.1, 0.15) is 23.7 Å². The highest BCUT2D eigenvalue weighted by atomic mass is 16.6. The Balaban J connectivity index is 1.60. The molecule has 2 N–H and O–H groups in total. The van der Waals surface area contributed by atoms with E-state index >= 15 is 0 Å². The number of carbonyl (C=O) groups is 4. The number of aliphatic hydroxyl groups is 1. The first-order valence-electron chi connectivity index (χ1n) is 14.0. The third-order valence-electron chi connectivity index (χ3n) is 8.38. The zero-order valence-electron chi connectivity index (χ0n) is 23.1. The monoisotopic (exact) mass is 551 g/mol. The average Bonchev–Trinajstić information content (AvgIpc) is 3.33. The van der Waals surface area contributed by atoms with Crippen molar-refractivity contribution in [2.45, 2.75) is 69.5 Å². The number of carbonyl (C=O) groups excluding carboxylic acids is 4. The fourth-order valence-electron chi connectivity index (χ4n) is 6.39. The van der Waals surface area contributed by atoms with Gasteiger partial charge in [0.2, 0.25) is 17.7 Å². The second-order valence-electron chi connectivity index (χ2n) is 11.2. The number of likely N-dealkylation sites (tertiary alicyclic amines) is 1. The van der Waals surface area contributed by atoms with E-state index in [1.807, 2.05) is 50.3 Å². The Morgan fingerprint density at radius 3 is 2.52 bits per heavy atom. The van der Waals surface area contributed by atoms with E-state index in [0.29, 0.717) is 18.5 Å². The van der Waals surface area contributed by atoms with Gasteiger partial charge in [0.05, 0.1) is 31.2 Å². The number of amides is 3. The normalized spacial score (nSPS) is 34.2. The van der Waals surface area contributed by atoms with Crippen molar-refractivity contribution in [3.05, 3.63) is 60.2 Å². The van der Waals surface area contributed by atoms with Gasteiger partial charge in [0.25, 0.3) is 0 Å². The van der Waals surface area contributed by atoms with Crippen LogP contribution in [-0.4, -0.2) is 88.1 Å². The van der Waals surface area contributed by atoms with Crippen LogP contribution in [0.25, 0.3) is 0 Å². The molecule has 5 rings (SSSR count). The molecule has 0 unspecified atom stereocenters. The third-order valence-corrected chi connectivity index (χ3v) is 8.38. The van der Waals surface area contributed by atoms with Gasteiger partial charge in [-0.25, -0.2) is 0 Å². The van der Waals surface area contributed by atoms with Crippen LogP contribution in [0.4, 0.5) is 0 Å². The Morgan fingerprint density at radius 1 is 1.07 bits per heavy atom. The number of hydrogen-bond acceptors (Lipinski definition) is 7. The first-order chi connectivity index (χ1) is 19.2. The van der Waals surface area contributed by atoms with Crippen LogP contribution in [0.15, 0.2) is 54.6 Å². The van der Waals surface area contributed by atoms with Crippen LogP contribution < -0.4 is 5.32 Å². The fraction of sp³-hybridized carbons (Fsp3) is 0.533. The summed E-state index contributed by atoms with van der Waals surface area (Å²) in [6.45, 7) is 5.55. The summed E-state index contributed by atoms with van der Waals surface area (Å²) in [5, 5.41) is 12.9. The van der Waals surface area contributed by atoms with E-state index in [1.54, 1.807) is 30.1 Å². The van der Waals surface area contributed by atoms with Gasteiger partial charge in [-0.1, -0.05) is 54.6 Å². The summed E-state index contributed by atoms with van der Waals surface area (Å²) in [4.78, 5) is 57.8. The number of hydrogen-bond donors (Lipinski definition) is 2. The second-order valence-corrected chi connectivity index (χ2v) is 11.2. The SMILES string of the molecule is CC(C)N1CC=C[C@]23O[C@@H]4/C=C\CCC(=O)NC[C@@H](c5ccccc5)OC(=O)[C@@H]4[C@H]2C(=O)N([C@H](C)CO)[C@@H]3C1=O. The summed E-state index contributed by atoms with van der Waals surface area (Å²) in [7, 11) is 0. The predicted octanol–water partition coefficient (Wildman–Crippen LogP) is 1.51. The number of benzene rings is 1. The van der Waals surface area contributed by atoms with E-state index in [9.17, 15) is 24.3 Å². The van der Waals surface area contributed by atoms with E-state index in [-0.39, 0.29) is 37.4 Å². The van der Waals surface area contributed by atoms with E-state index in [4.69, 9.17) is 9.47 Å². The summed E-state index contributed by atoms with van der Waals surface area (Å²) in [6.07, 6.45) is 6.09. The summed E-state index contributed by atoms with van der Waals surface area (Å²) >= 11 is 0. The lowest BCUT2D eigenvalue weighted by molar-refractivity contribution is -0.160. The lowest BCUT2D eigenvalue weighted by Gasteiger charge is -2.38. The van der Waals surface area contributed by atoms with E-state index in [2.05, 4.69) is 5.32 Å². The highest BCUT2D eigenvalue weighted by Gasteiger charge is 2.72. The smallest absolute Gasteiger partial charge is 0.313 e. The lowest BCUT2D eigenvalue weighted by atomic mass is 9.77. The van der Waals surface area contributed by atoms with Crippen LogP contribution in [0.1, 0.15) is 45.3 Å². The maximum Gasteiger partial charge on any atom is 0.313 e. The molecular formula is C30H37N3O7. The number of ether oxygens (including phenoxy) is 2. The second kappa shape index (κ2) is 11.2. The largest absolute Gasteiger partial charge is 0.455 e. The molecule has 10 nitrogen and oxygen atoms in total. The van der Waals surface area contributed by atoms with Crippen molar-refractivity contribution in [3.8, 4) is 0 Å². The molecule has 40 heavy (non-hydrogen) atoms. The van der Waals surface area contributed by atoms with Crippen LogP contribution in [-0.2, 0) is 28.7 Å². The molecule has 4 aliphatic heterocycles. The number of fused-ring (bicyclic) bond motifs is 2. The molecule has 2 fully saturated rings. The molecule has 2 saturated heterocycles. The van der Waals surface area contributed by atoms with Gasteiger partial charge in [0.15, 0.2) is 0 Å². The van der Waals surface area contributed by atoms with Gasteiger partial charge in [-0.2, -0.15) is 0 Å². The van der Waals surface area contributed by atoms with Crippen molar-refractivity contribution in [3.63, 3.8) is 0 Å². The Morgan fingerprint density at radius 2 is 1.82 bits per heavy atom. The van der Waals surface area contributed by atoms with Crippen LogP contribution >= 0.6 is 0 Å². The first-order valence-corrected chi connectivity index (χ1v) is 14.0. The highest BCUT2D eigenvalue weighted by molar-refractivity contribution is 5.99. The van der Waals surface area contributed by atoms with E-state index < -0.39 is 53.6 Å². The van der Waals surface area contributed by atoms with Gasteiger partial charge in [0, 0.05) is 19.0 Å². The molecule has 0 bridgehead atoms. The predicted molar refractivity (Wildman–Crippen MR) is 144 cm³/mol. The van der Waals surface area contributed by atoms with Gasteiger partial charge < -0.3 is 29.7 Å². The maximum atomic E-state index is 14.2. The molecule has 3 amide bonds. The molecular weight excluding hydrogens is 514 g/mol. The van der Waals surface area contributed by atoms with Gasteiger partial charge >= 0.3 is 5.97 Å². The van der Waals surface area contributed by atoms with Gasteiger partial charge in [-0.3, -0.25) is 19.2 Å². The summed E-state index contributed by atoms with van der Waals surface area (Å²) < 4.78 is 12.7. The minimum Gasteiger partial charge on any atom is -0.455 e. The maximum absolute atomic E-state index is 14.2. The molecule has 1 aromatic rings. The summed E-state index contributed by atoms with van der Waals surface area (Å²) in [6, 6.07) is 7.26. The minimum atomic E-state index is -1.42. The van der Waals surface area contributed by atoms with Crippen molar-refractivity contribution in [2.75, 3.05) is 19.7 Å². The first kappa shape index (κ1) is 28.0. The topological polar surface area (TPSA) is 125 Å². The van der Waals surface area contributed by atoms with Crippen molar-refractivity contribution >= 4 is 23.7 Å². The molecule has 7 atom stereocenters. The number of esters is 1. The minimum absolute atomic E-state index is 0.0817. The molecule has 214 valence electrons. The third kappa shape index (κ3) is 4.73. The molecule has 10 heteroatoms. The quantitative estimate of drug-likeness (QED) is 0.429. The Hall–Kier alpha value is -3.50. The lowest BCUT2D eigenvalue weighted by Crippen LogP contribution is -2.58. The standard InChI is InChI=1S/C30H37N3O7/c1-18(2)32-15-9-14-30-25(27(36)33(19(3)17-34)26(30)28(32)37)24-21(40-30)12-7-8-13-23(35)31-16-22(39-29(24)38)20-10-5-4-6-11-20/h4-7,9-12,14,18-19,21-22,24-26,34H,8,13,15-17H2,1-3H3,(H,31,35)/b12-7-/t19-,21-,22+,24+,25+,26-,30+/m1/s1. The summed E-state index contributed by atoms with van der Waals surface area (Å²) in [5.74, 6) is -3.60. The Labute approximate surface area is 234 Å². The molecule has 1 aromatic carbocycles. The Bertz CT molecular complexity index is 1210. The number of nitrogens with one attached hydrogen (secondary N) is 1. The van der Waals surface area contributed by atoms with Crippen molar-refractivity contribution in [1.29, 1.82) is 0 Å². The summed E-state index contributed by atoms with van der Waals surface area (Å²) in [5.41, 5.74) is -0.714. The molecule has 0 aliphatic carbocycles. The van der Waals surface area contributed by atoms with Gasteiger partial charge in [-0.05, 0) is 32.8 Å². The van der Waals surface area contributed by atoms with E-state index in [1.165, 1.54) is 4.90 Å². The van der Waals surface area contributed by atoms with Crippen LogP contribution in [0, 0.1) is 11.8 Å². The molecule has 4 heterocycles. The molecule has 4 aliphatic rings. The number of allylic oxidation sites excluding steroid dienone is 1. The van der Waals surface area contributed by atoms with Crippen molar-refractivity contribution < 1.29 is 33.8 Å². The van der Waals surface area contributed by atoms with Crippen molar-refractivity contribution in [2.24, 2.45) is 11.8 Å². The highest BCUT2D eigenvalue weighted by Crippen LogP contribution is 2.53. The number of nitrogens with zero attached hydrogens (tertiary/aromatic N) is 2. The fourth-order valence-corrected chi connectivity index (χ4v) is 6.39. The number of cyclic esters (lactones) is 1. The Kier molecular flexibility index (Phi) is 7.83. The molecule has 0 aromatic heterocycles. The molecule has 0 radical (unpaired) electrons. The van der Waals surface area contributed by atoms with Crippen LogP contribution in [0.5, 0.6) is 0 Å². The van der Waals surface area contributed by atoms with Crippen molar-refractivity contribution in [1.82, 2.24) is 15.1 Å². The average molecular weight is 552 g/mol. The molecule has 1 spiro atoms. The number of aliphatic hydroxyl groups excluding tert-OH is 1. The van der Waals surface area contributed by atoms with Crippen LogP contribution in [0.3, 0.4) is 0 Å².